The molecule has 2 fully saturated rings. The fourth-order valence-electron chi connectivity index (χ4n) is 4.10. The summed E-state index contributed by atoms with van der Waals surface area (Å²) >= 11 is 0. The van der Waals surface area contributed by atoms with Gasteiger partial charge >= 0.3 is 0 Å². The Kier molecular flexibility index (Phi) is 5.46. The highest BCUT2D eigenvalue weighted by atomic mass is 15.2. The van der Waals surface area contributed by atoms with Crippen LogP contribution in [0.5, 0.6) is 0 Å². The van der Waals surface area contributed by atoms with Crippen LogP contribution in [0, 0.1) is 17.2 Å². The number of rotatable bonds is 5. The van der Waals surface area contributed by atoms with Crippen molar-refractivity contribution in [2.45, 2.75) is 82.8 Å². The Bertz CT molecular complexity index is 349. The minimum absolute atomic E-state index is 0.255. The van der Waals surface area contributed by atoms with Crippen LogP contribution in [0.15, 0.2) is 0 Å². The van der Waals surface area contributed by atoms with Crippen LogP contribution in [0.25, 0.3) is 0 Å². The number of nitrogens with zero attached hydrogens (tertiary/aromatic N) is 2. The number of nitriles is 1. The minimum atomic E-state index is -0.255. The average molecular weight is 277 g/mol. The summed E-state index contributed by atoms with van der Waals surface area (Å²) in [6, 6.07) is 3.90. The van der Waals surface area contributed by atoms with Crippen molar-refractivity contribution in [2.75, 3.05) is 13.6 Å². The molecule has 2 aliphatic rings. The van der Waals surface area contributed by atoms with E-state index in [-0.39, 0.29) is 5.54 Å². The van der Waals surface area contributed by atoms with E-state index in [0.717, 1.165) is 37.8 Å². The van der Waals surface area contributed by atoms with Gasteiger partial charge < -0.3 is 4.90 Å². The molecule has 0 aromatic carbocycles. The summed E-state index contributed by atoms with van der Waals surface area (Å²) < 4.78 is 0. The van der Waals surface area contributed by atoms with Crippen molar-refractivity contribution in [1.29, 1.82) is 5.26 Å². The standard InChI is InChI=1S/C17H31N3/c1-4-10-19-17(13-18)9-8-16(12-17)20(3)15-7-5-6-14(2)11-15/h14-16,19H,4-12H2,1-3H3. The maximum absolute atomic E-state index is 9.56. The zero-order chi connectivity index (χ0) is 14.6. The molecule has 0 radical (unpaired) electrons. The number of nitrogens with one attached hydrogen (secondary N) is 1. The molecule has 0 aliphatic heterocycles. The van der Waals surface area contributed by atoms with Crippen molar-refractivity contribution >= 4 is 0 Å². The van der Waals surface area contributed by atoms with Crippen LogP contribution in [-0.2, 0) is 0 Å². The third-order valence-corrected chi connectivity index (χ3v) is 5.48. The molecule has 2 aliphatic carbocycles. The second-order valence-electron chi connectivity index (χ2n) is 7.11. The second-order valence-corrected chi connectivity index (χ2v) is 7.11. The predicted octanol–water partition coefficient (Wildman–Crippen LogP) is 3.31. The molecule has 20 heavy (non-hydrogen) atoms. The molecule has 0 aromatic rings. The highest BCUT2D eigenvalue weighted by molar-refractivity contribution is 5.13. The molecule has 2 rings (SSSR count). The zero-order valence-corrected chi connectivity index (χ0v) is 13.5. The van der Waals surface area contributed by atoms with Gasteiger partial charge in [-0.15, -0.1) is 0 Å². The van der Waals surface area contributed by atoms with Crippen molar-refractivity contribution in [3.05, 3.63) is 0 Å². The van der Waals surface area contributed by atoms with Crippen LogP contribution in [0.2, 0.25) is 0 Å². The van der Waals surface area contributed by atoms with Crippen molar-refractivity contribution in [2.24, 2.45) is 5.92 Å². The van der Waals surface area contributed by atoms with E-state index in [9.17, 15) is 5.26 Å². The normalized spacial score (nSPS) is 38.0. The van der Waals surface area contributed by atoms with Gasteiger partial charge in [0.2, 0.25) is 0 Å². The van der Waals surface area contributed by atoms with Crippen molar-refractivity contribution in [3.63, 3.8) is 0 Å². The van der Waals surface area contributed by atoms with Gasteiger partial charge in [0, 0.05) is 12.1 Å². The molecule has 0 heterocycles. The molecular formula is C17H31N3. The topological polar surface area (TPSA) is 39.1 Å². The zero-order valence-electron chi connectivity index (χ0n) is 13.5. The lowest BCUT2D eigenvalue weighted by Gasteiger charge is -2.38. The average Bonchev–Trinajstić information content (AvgIpc) is 2.89. The second kappa shape index (κ2) is 6.91. The lowest BCUT2D eigenvalue weighted by Crippen LogP contribution is -2.46. The Hall–Kier alpha value is -0.590. The lowest BCUT2D eigenvalue weighted by molar-refractivity contribution is 0.117. The highest BCUT2D eigenvalue weighted by Crippen LogP contribution is 2.36. The van der Waals surface area contributed by atoms with Gasteiger partial charge in [-0.1, -0.05) is 26.7 Å². The van der Waals surface area contributed by atoms with Crippen molar-refractivity contribution in [3.8, 4) is 6.07 Å². The molecule has 0 bridgehead atoms. The van der Waals surface area contributed by atoms with E-state index in [2.05, 4.69) is 37.2 Å². The first kappa shape index (κ1) is 15.8. The molecule has 3 nitrogen and oxygen atoms in total. The van der Waals surface area contributed by atoms with Gasteiger partial charge in [-0.2, -0.15) is 5.26 Å². The Morgan fingerprint density at radius 1 is 1.30 bits per heavy atom. The van der Waals surface area contributed by atoms with E-state index in [1.54, 1.807) is 0 Å². The van der Waals surface area contributed by atoms with Crippen LogP contribution in [0.3, 0.4) is 0 Å². The summed E-state index contributed by atoms with van der Waals surface area (Å²) in [4.78, 5) is 2.60. The van der Waals surface area contributed by atoms with Crippen LogP contribution >= 0.6 is 0 Å². The maximum Gasteiger partial charge on any atom is 0.108 e. The summed E-state index contributed by atoms with van der Waals surface area (Å²) in [5.41, 5.74) is -0.255. The summed E-state index contributed by atoms with van der Waals surface area (Å²) in [6.07, 6.45) is 9.76. The van der Waals surface area contributed by atoms with E-state index in [1.165, 1.54) is 32.1 Å². The SMILES string of the molecule is CCCNC1(C#N)CCC(N(C)C2CCCC(C)C2)C1. The van der Waals surface area contributed by atoms with Gasteiger partial charge in [-0.25, -0.2) is 0 Å². The van der Waals surface area contributed by atoms with Gasteiger partial charge in [0.15, 0.2) is 0 Å². The first-order chi connectivity index (χ1) is 9.60. The Morgan fingerprint density at radius 3 is 2.75 bits per heavy atom. The van der Waals surface area contributed by atoms with E-state index < -0.39 is 0 Å². The van der Waals surface area contributed by atoms with Crippen molar-refractivity contribution in [1.82, 2.24) is 10.2 Å². The Labute approximate surface area is 124 Å². The molecule has 1 N–H and O–H groups in total. The predicted molar refractivity (Wildman–Crippen MR) is 83.5 cm³/mol. The van der Waals surface area contributed by atoms with Crippen LogP contribution in [0.4, 0.5) is 0 Å². The molecule has 114 valence electrons. The van der Waals surface area contributed by atoms with Crippen LogP contribution in [0.1, 0.15) is 65.2 Å². The van der Waals surface area contributed by atoms with Gasteiger partial charge in [0.25, 0.3) is 0 Å². The van der Waals surface area contributed by atoms with Crippen molar-refractivity contribution < 1.29 is 0 Å². The minimum Gasteiger partial charge on any atom is -0.300 e. The molecule has 0 saturated heterocycles. The van der Waals surface area contributed by atoms with E-state index in [0.29, 0.717) is 6.04 Å². The molecule has 4 unspecified atom stereocenters. The van der Waals surface area contributed by atoms with E-state index in [4.69, 9.17) is 0 Å². The largest absolute Gasteiger partial charge is 0.300 e. The highest BCUT2D eigenvalue weighted by Gasteiger charge is 2.41. The van der Waals surface area contributed by atoms with E-state index in [1.807, 2.05) is 0 Å². The monoisotopic (exact) mass is 277 g/mol. The molecule has 3 heteroatoms. The van der Waals surface area contributed by atoms with Crippen LogP contribution in [-0.4, -0.2) is 36.1 Å². The van der Waals surface area contributed by atoms with Gasteiger partial charge in [0.1, 0.15) is 5.54 Å². The lowest BCUT2D eigenvalue weighted by atomic mass is 9.85. The number of hydrogen-bond acceptors (Lipinski definition) is 3. The summed E-state index contributed by atoms with van der Waals surface area (Å²) in [5, 5.41) is 13.1. The molecule has 2 saturated carbocycles. The molecule has 0 aromatic heterocycles. The summed E-state index contributed by atoms with van der Waals surface area (Å²) in [7, 11) is 2.29. The first-order valence-corrected chi connectivity index (χ1v) is 8.48. The smallest absolute Gasteiger partial charge is 0.108 e. The summed E-state index contributed by atoms with van der Waals surface area (Å²) in [6.45, 7) is 5.52. The fourth-order valence-corrected chi connectivity index (χ4v) is 4.10. The van der Waals surface area contributed by atoms with Gasteiger partial charge in [-0.3, -0.25) is 5.32 Å². The Morgan fingerprint density at radius 2 is 2.10 bits per heavy atom. The number of hydrogen-bond donors (Lipinski definition) is 1. The molecule has 0 spiro atoms. The van der Waals surface area contributed by atoms with E-state index >= 15 is 0 Å². The first-order valence-electron chi connectivity index (χ1n) is 8.48. The Balaban J connectivity index is 1.92. The maximum atomic E-state index is 9.56. The molecule has 4 atom stereocenters. The fraction of sp³-hybridized carbons (Fsp3) is 0.941. The third kappa shape index (κ3) is 3.54. The third-order valence-electron chi connectivity index (χ3n) is 5.48. The summed E-state index contributed by atoms with van der Waals surface area (Å²) in [5.74, 6) is 0.872. The van der Waals surface area contributed by atoms with Crippen LogP contribution < -0.4 is 5.32 Å². The van der Waals surface area contributed by atoms with Gasteiger partial charge in [0.05, 0.1) is 6.07 Å². The van der Waals surface area contributed by atoms with Gasteiger partial charge in [-0.05, 0) is 58.0 Å². The molecule has 0 amide bonds. The molecular weight excluding hydrogens is 246 g/mol. The quantitative estimate of drug-likeness (QED) is 0.838.